The molecule has 0 aliphatic rings. The zero-order valence-electron chi connectivity index (χ0n) is 9.02. The maximum Gasteiger partial charge on any atom is 0.344 e. The lowest BCUT2D eigenvalue weighted by Crippen LogP contribution is -2.16. The van der Waals surface area contributed by atoms with Crippen molar-refractivity contribution < 1.29 is 23.8 Å². The number of carbonyl (C=O) groups is 2. The van der Waals surface area contributed by atoms with Gasteiger partial charge in [0.05, 0.1) is 6.61 Å². The SMILES string of the molecule is C/C=C/C(=O)OCC(=O)OCCCOC. The Morgan fingerprint density at radius 1 is 1.20 bits per heavy atom. The topological polar surface area (TPSA) is 61.8 Å². The predicted molar refractivity (Wildman–Crippen MR) is 53.2 cm³/mol. The molecule has 0 amide bonds. The van der Waals surface area contributed by atoms with Crippen LogP contribution in [0.5, 0.6) is 0 Å². The van der Waals surface area contributed by atoms with Crippen molar-refractivity contribution in [1.82, 2.24) is 0 Å². The number of hydrogen-bond acceptors (Lipinski definition) is 5. The molecule has 0 saturated carbocycles. The third kappa shape index (κ3) is 8.96. The van der Waals surface area contributed by atoms with Crippen LogP contribution in [-0.4, -0.2) is 38.9 Å². The van der Waals surface area contributed by atoms with E-state index in [1.54, 1.807) is 14.0 Å². The Morgan fingerprint density at radius 2 is 1.93 bits per heavy atom. The second-order valence-electron chi connectivity index (χ2n) is 2.67. The molecule has 0 aromatic carbocycles. The van der Waals surface area contributed by atoms with Crippen molar-refractivity contribution >= 4 is 11.9 Å². The monoisotopic (exact) mass is 216 g/mol. The van der Waals surface area contributed by atoms with E-state index >= 15 is 0 Å². The smallest absolute Gasteiger partial charge is 0.344 e. The Hall–Kier alpha value is -1.36. The van der Waals surface area contributed by atoms with Crippen molar-refractivity contribution in [3.63, 3.8) is 0 Å². The van der Waals surface area contributed by atoms with E-state index in [4.69, 9.17) is 9.47 Å². The minimum atomic E-state index is -0.552. The molecule has 5 heteroatoms. The third-order valence-electron chi connectivity index (χ3n) is 1.39. The number of esters is 2. The van der Waals surface area contributed by atoms with Crippen molar-refractivity contribution in [3.05, 3.63) is 12.2 Å². The van der Waals surface area contributed by atoms with Crippen molar-refractivity contribution in [2.75, 3.05) is 26.9 Å². The molecule has 0 aliphatic carbocycles. The van der Waals surface area contributed by atoms with Gasteiger partial charge in [-0.25, -0.2) is 9.59 Å². The molecule has 0 aromatic rings. The summed E-state index contributed by atoms with van der Waals surface area (Å²) in [4.78, 5) is 21.7. The Kier molecular flexibility index (Phi) is 8.37. The van der Waals surface area contributed by atoms with Gasteiger partial charge < -0.3 is 14.2 Å². The van der Waals surface area contributed by atoms with Crippen LogP contribution < -0.4 is 0 Å². The van der Waals surface area contributed by atoms with Crippen LogP contribution in [0.3, 0.4) is 0 Å². The zero-order valence-corrected chi connectivity index (χ0v) is 9.02. The van der Waals surface area contributed by atoms with Crippen LogP contribution in [0.2, 0.25) is 0 Å². The molecule has 86 valence electrons. The number of carbonyl (C=O) groups excluding carboxylic acids is 2. The predicted octanol–water partition coefficient (Wildman–Crippen LogP) is 0.685. The van der Waals surface area contributed by atoms with Gasteiger partial charge in [0, 0.05) is 26.2 Å². The van der Waals surface area contributed by atoms with Gasteiger partial charge in [0.15, 0.2) is 6.61 Å². The fraction of sp³-hybridized carbons (Fsp3) is 0.600. The maximum absolute atomic E-state index is 11.0. The first kappa shape index (κ1) is 13.6. The fourth-order valence-corrected chi connectivity index (χ4v) is 0.745. The molecule has 0 atom stereocenters. The molecule has 0 aliphatic heterocycles. The quantitative estimate of drug-likeness (QED) is 0.356. The highest BCUT2D eigenvalue weighted by molar-refractivity contribution is 5.84. The summed E-state index contributed by atoms with van der Waals surface area (Å²) in [6.07, 6.45) is 3.40. The highest BCUT2D eigenvalue weighted by Crippen LogP contribution is 1.88. The van der Waals surface area contributed by atoms with Gasteiger partial charge in [0.1, 0.15) is 0 Å². The summed E-state index contributed by atoms with van der Waals surface area (Å²) in [6, 6.07) is 0. The number of allylic oxidation sites excluding steroid dienone is 1. The number of methoxy groups -OCH3 is 1. The molecule has 5 nitrogen and oxygen atoms in total. The Morgan fingerprint density at radius 3 is 2.53 bits per heavy atom. The fourth-order valence-electron chi connectivity index (χ4n) is 0.745. The van der Waals surface area contributed by atoms with Crippen molar-refractivity contribution in [1.29, 1.82) is 0 Å². The van der Waals surface area contributed by atoms with E-state index in [1.807, 2.05) is 0 Å². The minimum absolute atomic E-state index is 0.272. The molecular formula is C10H16O5. The van der Waals surface area contributed by atoms with Gasteiger partial charge in [-0.05, 0) is 6.92 Å². The summed E-state index contributed by atoms with van der Waals surface area (Å²) >= 11 is 0. The van der Waals surface area contributed by atoms with Gasteiger partial charge in [-0.3, -0.25) is 0 Å². The molecule has 0 heterocycles. The maximum atomic E-state index is 11.0. The standard InChI is InChI=1S/C10H16O5/c1-3-5-9(11)15-8-10(12)14-7-4-6-13-2/h3,5H,4,6-8H2,1-2H3/b5-3+. The molecule has 0 unspecified atom stereocenters. The Labute approximate surface area is 89.0 Å². The second kappa shape index (κ2) is 9.21. The van der Waals surface area contributed by atoms with E-state index in [0.29, 0.717) is 13.0 Å². The Balaban J connectivity index is 3.45. The lowest BCUT2D eigenvalue weighted by molar-refractivity contribution is -0.156. The summed E-state index contributed by atoms with van der Waals surface area (Å²) in [5, 5.41) is 0. The molecule has 0 fully saturated rings. The molecule has 0 spiro atoms. The van der Waals surface area contributed by atoms with Gasteiger partial charge in [0.25, 0.3) is 0 Å². The van der Waals surface area contributed by atoms with Crippen LogP contribution in [0.25, 0.3) is 0 Å². The summed E-state index contributed by atoms with van der Waals surface area (Å²) in [7, 11) is 1.57. The van der Waals surface area contributed by atoms with E-state index in [1.165, 1.54) is 12.2 Å². The number of ether oxygens (including phenoxy) is 3. The summed E-state index contributed by atoms with van der Waals surface area (Å²) < 4.78 is 14.1. The van der Waals surface area contributed by atoms with Crippen molar-refractivity contribution in [2.24, 2.45) is 0 Å². The molecular weight excluding hydrogens is 200 g/mol. The van der Waals surface area contributed by atoms with Crippen LogP contribution in [0.15, 0.2) is 12.2 Å². The lowest BCUT2D eigenvalue weighted by atomic mass is 10.5. The van der Waals surface area contributed by atoms with E-state index in [9.17, 15) is 9.59 Å². The van der Waals surface area contributed by atoms with Gasteiger partial charge in [0.2, 0.25) is 0 Å². The van der Waals surface area contributed by atoms with Crippen molar-refractivity contribution in [3.8, 4) is 0 Å². The van der Waals surface area contributed by atoms with Crippen LogP contribution in [0.4, 0.5) is 0 Å². The lowest BCUT2D eigenvalue weighted by Gasteiger charge is -2.04. The highest BCUT2D eigenvalue weighted by atomic mass is 16.6. The van der Waals surface area contributed by atoms with Crippen molar-refractivity contribution in [2.45, 2.75) is 13.3 Å². The van der Waals surface area contributed by atoms with E-state index in [-0.39, 0.29) is 13.2 Å². The molecule has 0 rings (SSSR count). The van der Waals surface area contributed by atoms with Crippen LogP contribution in [0, 0.1) is 0 Å². The number of rotatable bonds is 7. The van der Waals surface area contributed by atoms with Gasteiger partial charge >= 0.3 is 11.9 Å². The first-order valence-corrected chi connectivity index (χ1v) is 4.64. The largest absolute Gasteiger partial charge is 0.463 e. The molecule has 0 bridgehead atoms. The number of hydrogen-bond donors (Lipinski definition) is 0. The summed E-state index contributed by atoms with van der Waals surface area (Å²) in [6.45, 7) is 2.14. The second-order valence-corrected chi connectivity index (χ2v) is 2.67. The van der Waals surface area contributed by atoms with E-state index < -0.39 is 11.9 Å². The summed E-state index contributed by atoms with van der Waals surface area (Å²) in [5.41, 5.74) is 0. The van der Waals surface area contributed by atoms with Gasteiger partial charge in [-0.2, -0.15) is 0 Å². The average Bonchev–Trinajstić information content (AvgIpc) is 2.22. The molecule has 0 radical (unpaired) electrons. The molecule has 0 saturated heterocycles. The molecule has 15 heavy (non-hydrogen) atoms. The third-order valence-corrected chi connectivity index (χ3v) is 1.39. The van der Waals surface area contributed by atoms with E-state index in [0.717, 1.165) is 0 Å². The van der Waals surface area contributed by atoms with Crippen LogP contribution in [-0.2, 0) is 23.8 Å². The van der Waals surface area contributed by atoms with Gasteiger partial charge in [-0.15, -0.1) is 0 Å². The summed E-state index contributed by atoms with van der Waals surface area (Å²) in [5.74, 6) is -1.10. The van der Waals surface area contributed by atoms with Crippen LogP contribution in [0.1, 0.15) is 13.3 Å². The first-order valence-electron chi connectivity index (χ1n) is 4.64. The first-order chi connectivity index (χ1) is 7.20. The normalized spacial score (nSPS) is 10.3. The molecule has 0 aromatic heterocycles. The Bertz CT molecular complexity index is 222. The van der Waals surface area contributed by atoms with Gasteiger partial charge in [-0.1, -0.05) is 6.08 Å². The van der Waals surface area contributed by atoms with E-state index in [2.05, 4.69) is 4.74 Å². The molecule has 0 N–H and O–H groups in total. The highest BCUT2D eigenvalue weighted by Gasteiger charge is 2.05. The zero-order chi connectivity index (χ0) is 11.5. The minimum Gasteiger partial charge on any atom is -0.463 e. The average molecular weight is 216 g/mol. The van der Waals surface area contributed by atoms with Crippen LogP contribution >= 0.6 is 0 Å².